The second-order valence-electron chi connectivity index (χ2n) is 5.82. The van der Waals surface area contributed by atoms with Crippen LogP contribution in [-0.2, 0) is 6.18 Å². The molecule has 0 radical (unpaired) electrons. The van der Waals surface area contributed by atoms with Crippen molar-refractivity contribution >= 4 is 0 Å². The molecule has 0 saturated heterocycles. The fourth-order valence-corrected chi connectivity index (χ4v) is 3.33. The summed E-state index contributed by atoms with van der Waals surface area (Å²) in [6, 6.07) is 3.12. The maximum absolute atomic E-state index is 13.7. The molecule has 1 unspecified atom stereocenters. The third-order valence-electron chi connectivity index (χ3n) is 4.36. The number of alkyl halides is 3. The van der Waals surface area contributed by atoms with Gasteiger partial charge in [0.15, 0.2) is 0 Å². The molecule has 0 aromatic heterocycles. The molecule has 112 valence electrons. The van der Waals surface area contributed by atoms with E-state index >= 15 is 0 Å². The van der Waals surface area contributed by atoms with Crippen LogP contribution >= 0.6 is 0 Å². The maximum Gasteiger partial charge on any atom is 0.419 e. The molecule has 1 N–H and O–H groups in total. The van der Waals surface area contributed by atoms with Crippen LogP contribution in [0.3, 0.4) is 0 Å². The van der Waals surface area contributed by atoms with Gasteiger partial charge in [0.05, 0.1) is 5.56 Å². The van der Waals surface area contributed by atoms with Gasteiger partial charge in [0.25, 0.3) is 0 Å². The number of hydrogen-bond acceptors (Lipinski definition) is 1. The Bertz CT molecular complexity index is 475. The van der Waals surface area contributed by atoms with Crippen LogP contribution in [-0.4, -0.2) is 7.05 Å². The highest BCUT2D eigenvalue weighted by Gasteiger charge is 2.39. The van der Waals surface area contributed by atoms with Crippen LogP contribution in [0.4, 0.5) is 17.6 Å². The molecular formula is C15H19F4N. The van der Waals surface area contributed by atoms with Gasteiger partial charge in [-0.15, -0.1) is 0 Å². The molecule has 0 aliphatic heterocycles. The van der Waals surface area contributed by atoms with Crippen LogP contribution in [0, 0.1) is 11.2 Å². The summed E-state index contributed by atoms with van der Waals surface area (Å²) in [5.41, 5.74) is -0.643. The number of hydrogen-bond donors (Lipinski definition) is 1. The Morgan fingerprint density at radius 1 is 1.20 bits per heavy atom. The van der Waals surface area contributed by atoms with Crippen molar-refractivity contribution in [2.45, 2.75) is 44.8 Å². The molecule has 0 amide bonds. The van der Waals surface area contributed by atoms with Crippen molar-refractivity contribution in [1.29, 1.82) is 0 Å². The summed E-state index contributed by atoms with van der Waals surface area (Å²) >= 11 is 0. The highest BCUT2D eigenvalue weighted by molar-refractivity contribution is 5.30. The number of rotatable bonds is 3. The van der Waals surface area contributed by atoms with Gasteiger partial charge in [-0.25, -0.2) is 4.39 Å². The maximum atomic E-state index is 13.7. The molecule has 1 aliphatic rings. The van der Waals surface area contributed by atoms with Gasteiger partial charge in [0, 0.05) is 6.04 Å². The molecule has 0 heterocycles. The topological polar surface area (TPSA) is 12.0 Å². The van der Waals surface area contributed by atoms with Crippen LogP contribution in [0.1, 0.15) is 49.8 Å². The van der Waals surface area contributed by atoms with E-state index < -0.39 is 17.6 Å². The number of halogens is 4. The summed E-state index contributed by atoms with van der Waals surface area (Å²) < 4.78 is 51.5. The highest BCUT2D eigenvalue weighted by atomic mass is 19.4. The summed E-state index contributed by atoms with van der Waals surface area (Å²) in [6.45, 7) is 2.11. The number of nitrogens with one attached hydrogen (secondary N) is 1. The standard InChI is InChI=1S/C15H19F4N/c1-14(7-3-4-8-14)13(20-2)10-5-6-11(12(16)9-10)15(17,18)19/h5-6,9,13,20H,3-4,7-8H2,1-2H3. The first kappa shape index (κ1) is 15.3. The van der Waals surface area contributed by atoms with E-state index in [0.29, 0.717) is 5.56 Å². The quantitative estimate of drug-likeness (QED) is 0.796. The molecule has 5 heteroatoms. The lowest BCUT2D eigenvalue weighted by Gasteiger charge is -2.34. The second-order valence-corrected chi connectivity index (χ2v) is 5.82. The van der Waals surface area contributed by atoms with Crippen LogP contribution in [0.25, 0.3) is 0 Å². The summed E-state index contributed by atoms with van der Waals surface area (Å²) in [5, 5.41) is 3.14. The van der Waals surface area contributed by atoms with Gasteiger partial charge in [-0.2, -0.15) is 13.2 Å². The van der Waals surface area contributed by atoms with Gasteiger partial charge in [-0.1, -0.05) is 25.8 Å². The van der Waals surface area contributed by atoms with Crippen molar-refractivity contribution < 1.29 is 17.6 Å². The molecule has 20 heavy (non-hydrogen) atoms. The predicted molar refractivity (Wildman–Crippen MR) is 69.8 cm³/mol. The van der Waals surface area contributed by atoms with E-state index in [-0.39, 0.29) is 11.5 Å². The molecule has 1 aromatic rings. The Kier molecular flexibility index (Phi) is 4.09. The van der Waals surface area contributed by atoms with Crippen LogP contribution in [0.2, 0.25) is 0 Å². The van der Waals surface area contributed by atoms with E-state index in [1.54, 1.807) is 7.05 Å². The van der Waals surface area contributed by atoms with Gasteiger partial charge in [-0.3, -0.25) is 0 Å². The molecule has 1 atom stereocenters. The molecule has 0 bridgehead atoms. The second kappa shape index (κ2) is 5.35. The van der Waals surface area contributed by atoms with E-state index in [9.17, 15) is 17.6 Å². The lowest BCUT2D eigenvalue weighted by molar-refractivity contribution is -0.140. The average molecular weight is 289 g/mol. The first-order valence-corrected chi connectivity index (χ1v) is 6.82. The zero-order chi connectivity index (χ0) is 15.0. The van der Waals surface area contributed by atoms with E-state index in [0.717, 1.165) is 37.8 Å². The van der Waals surface area contributed by atoms with Gasteiger partial charge >= 0.3 is 6.18 Å². The Balaban J connectivity index is 2.34. The smallest absolute Gasteiger partial charge is 0.313 e. The Hall–Kier alpha value is -1.10. The normalized spacial score (nSPS) is 20.1. The Morgan fingerprint density at radius 3 is 2.25 bits per heavy atom. The van der Waals surface area contributed by atoms with Crippen LogP contribution in [0.15, 0.2) is 18.2 Å². The van der Waals surface area contributed by atoms with Crippen LogP contribution in [0.5, 0.6) is 0 Å². The highest BCUT2D eigenvalue weighted by Crippen LogP contribution is 2.47. The molecule has 1 saturated carbocycles. The number of benzene rings is 1. The summed E-state index contributed by atoms with van der Waals surface area (Å²) in [4.78, 5) is 0. The monoisotopic (exact) mass is 289 g/mol. The summed E-state index contributed by atoms with van der Waals surface area (Å²) in [5.74, 6) is -1.20. The third kappa shape index (κ3) is 2.82. The molecule has 0 spiro atoms. The first-order valence-electron chi connectivity index (χ1n) is 6.82. The van der Waals surface area contributed by atoms with Gasteiger partial charge in [0.2, 0.25) is 0 Å². The van der Waals surface area contributed by atoms with E-state index in [1.165, 1.54) is 6.07 Å². The third-order valence-corrected chi connectivity index (χ3v) is 4.36. The minimum absolute atomic E-state index is 0.0268. The zero-order valence-corrected chi connectivity index (χ0v) is 11.6. The molecule has 2 rings (SSSR count). The van der Waals surface area contributed by atoms with E-state index in [1.807, 2.05) is 0 Å². The predicted octanol–water partition coefficient (Wildman–Crippen LogP) is 4.69. The van der Waals surface area contributed by atoms with E-state index in [4.69, 9.17) is 0 Å². The van der Waals surface area contributed by atoms with Gasteiger partial charge in [-0.05, 0) is 43.0 Å². The summed E-state index contributed by atoms with van der Waals surface area (Å²) in [7, 11) is 1.77. The molecule has 1 aliphatic carbocycles. The minimum Gasteiger partial charge on any atom is -0.313 e. The zero-order valence-electron chi connectivity index (χ0n) is 11.6. The van der Waals surface area contributed by atoms with E-state index in [2.05, 4.69) is 12.2 Å². The Morgan fingerprint density at radius 2 is 1.80 bits per heavy atom. The molecule has 1 fully saturated rings. The lowest BCUT2D eigenvalue weighted by Crippen LogP contribution is -2.32. The van der Waals surface area contributed by atoms with Gasteiger partial charge in [0.1, 0.15) is 5.82 Å². The average Bonchev–Trinajstić information content (AvgIpc) is 2.76. The minimum atomic E-state index is -4.64. The lowest BCUT2D eigenvalue weighted by atomic mass is 9.77. The summed E-state index contributed by atoms with van der Waals surface area (Å²) in [6.07, 6.45) is -0.424. The Labute approximate surface area is 116 Å². The van der Waals surface area contributed by atoms with Crippen molar-refractivity contribution in [2.75, 3.05) is 7.05 Å². The first-order chi connectivity index (χ1) is 9.28. The molecule has 1 aromatic carbocycles. The van der Waals surface area contributed by atoms with Crippen molar-refractivity contribution in [3.63, 3.8) is 0 Å². The fraction of sp³-hybridized carbons (Fsp3) is 0.600. The van der Waals surface area contributed by atoms with Gasteiger partial charge < -0.3 is 5.32 Å². The largest absolute Gasteiger partial charge is 0.419 e. The van der Waals surface area contributed by atoms with Crippen molar-refractivity contribution in [3.05, 3.63) is 35.1 Å². The van der Waals surface area contributed by atoms with Crippen molar-refractivity contribution in [1.82, 2.24) is 5.32 Å². The fourth-order valence-electron chi connectivity index (χ4n) is 3.33. The van der Waals surface area contributed by atoms with Crippen molar-refractivity contribution in [3.8, 4) is 0 Å². The van der Waals surface area contributed by atoms with Crippen molar-refractivity contribution in [2.24, 2.45) is 5.41 Å². The molecule has 1 nitrogen and oxygen atoms in total. The van der Waals surface area contributed by atoms with Crippen LogP contribution < -0.4 is 5.32 Å². The molecular weight excluding hydrogens is 270 g/mol. The SMILES string of the molecule is CNC(c1ccc(C(F)(F)F)c(F)c1)C1(C)CCCC1.